The first-order valence-corrected chi connectivity index (χ1v) is 6.39. The van der Waals surface area contributed by atoms with Crippen molar-refractivity contribution in [1.29, 1.82) is 0 Å². The Bertz CT molecular complexity index is 440. The average Bonchev–Trinajstić information content (AvgIpc) is 2.33. The number of benzene rings is 1. The van der Waals surface area contributed by atoms with Crippen LogP contribution in [0.2, 0.25) is 0 Å². The average molecular weight is 266 g/mol. The van der Waals surface area contributed by atoms with E-state index in [1.807, 2.05) is 26.0 Å². The zero-order valence-electron chi connectivity index (χ0n) is 12.2. The summed E-state index contributed by atoms with van der Waals surface area (Å²) in [5.74, 6) is 0.273. The second-order valence-corrected chi connectivity index (χ2v) is 5.05. The van der Waals surface area contributed by atoms with Gasteiger partial charge in [0.2, 0.25) is 0 Å². The Morgan fingerprint density at radius 1 is 1.26 bits per heavy atom. The Labute approximate surface area is 114 Å². The topological polar surface area (TPSA) is 55.8 Å². The Hall–Kier alpha value is -1.55. The number of hydrogen-bond donors (Lipinski definition) is 1. The minimum Gasteiger partial charge on any atom is -0.476 e. The molecule has 1 rings (SSSR count). The molecular formula is C15H22O4. The molecule has 1 aromatic rings. The van der Waals surface area contributed by atoms with Gasteiger partial charge in [-0.3, -0.25) is 0 Å². The molecule has 0 bridgehead atoms. The molecule has 1 N–H and O–H groups in total. The van der Waals surface area contributed by atoms with Crippen molar-refractivity contribution in [3.63, 3.8) is 0 Å². The molecule has 19 heavy (non-hydrogen) atoms. The van der Waals surface area contributed by atoms with Crippen LogP contribution in [0, 0.1) is 13.8 Å². The molecule has 0 aliphatic heterocycles. The second-order valence-electron chi connectivity index (χ2n) is 5.05. The Morgan fingerprint density at radius 3 is 2.21 bits per heavy atom. The third-order valence-electron chi connectivity index (χ3n) is 2.83. The largest absolute Gasteiger partial charge is 0.476 e. The van der Waals surface area contributed by atoms with Crippen molar-refractivity contribution >= 4 is 5.97 Å². The maximum Gasteiger partial charge on any atom is 0.349 e. The van der Waals surface area contributed by atoms with Crippen molar-refractivity contribution in [2.45, 2.75) is 46.8 Å². The number of aliphatic hydroxyl groups excluding tert-OH is 1. The highest BCUT2D eigenvalue weighted by molar-refractivity contribution is 5.79. The molecule has 106 valence electrons. The lowest BCUT2D eigenvalue weighted by Gasteiger charge is -2.26. The fourth-order valence-corrected chi connectivity index (χ4v) is 1.89. The number of carbonyl (C=O) groups excluding carboxylic acids is 1. The van der Waals surface area contributed by atoms with E-state index in [4.69, 9.17) is 14.6 Å². The summed E-state index contributed by atoms with van der Waals surface area (Å²) in [6.07, 6.45) is 0. The van der Waals surface area contributed by atoms with E-state index >= 15 is 0 Å². The van der Waals surface area contributed by atoms with E-state index in [0.717, 1.165) is 16.7 Å². The molecule has 1 aromatic carbocycles. The fourth-order valence-electron chi connectivity index (χ4n) is 1.89. The lowest BCUT2D eigenvalue weighted by atomic mass is 10.0. The summed E-state index contributed by atoms with van der Waals surface area (Å²) in [7, 11) is 0. The lowest BCUT2D eigenvalue weighted by Crippen LogP contribution is -2.40. The summed E-state index contributed by atoms with van der Waals surface area (Å²) < 4.78 is 10.8. The molecular weight excluding hydrogens is 244 g/mol. The molecule has 0 fully saturated rings. The predicted octanol–water partition coefficient (Wildman–Crippen LogP) is 2.52. The summed E-state index contributed by atoms with van der Waals surface area (Å²) in [4.78, 5) is 11.8. The smallest absolute Gasteiger partial charge is 0.349 e. The molecule has 4 nitrogen and oxygen atoms in total. The van der Waals surface area contributed by atoms with Crippen LogP contribution in [0.25, 0.3) is 0 Å². The van der Waals surface area contributed by atoms with Crippen molar-refractivity contribution in [3.05, 3.63) is 28.8 Å². The van der Waals surface area contributed by atoms with Crippen LogP contribution in [0.5, 0.6) is 5.75 Å². The van der Waals surface area contributed by atoms with E-state index in [9.17, 15) is 4.79 Å². The number of ether oxygens (including phenoxy) is 2. The molecule has 0 saturated heterocycles. The van der Waals surface area contributed by atoms with Gasteiger partial charge >= 0.3 is 5.97 Å². The Morgan fingerprint density at radius 2 is 1.79 bits per heavy atom. The maximum absolute atomic E-state index is 11.8. The summed E-state index contributed by atoms with van der Waals surface area (Å²) in [6, 6.07) is 3.70. The van der Waals surface area contributed by atoms with Gasteiger partial charge in [0.15, 0.2) is 5.60 Å². The van der Waals surface area contributed by atoms with Crippen molar-refractivity contribution in [2.24, 2.45) is 0 Å². The van der Waals surface area contributed by atoms with E-state index in [1.54, 1.807) is 20.8 Å². The first-order chi connectivity index (χ1) is 8.81. The number of rotatable bonds is 5. The SMILES string of the molecule is CCOC(=O)C(C)(C)Oc1c(C)cc(CO)cc1C. The van der Waals surface area contributed by atoms with Crippen molar-refractivity contribution in [1.82, 2.24) is 0 Å². The van der Waals surface area contributed by atoms with E-state index in [-0.39, 0.29) is 12.6 Å². The van der Waals surface area contributed by atoms with Crippen LogP contribution < -0.4 is 4.74 Å². The van der Waals surface area contributed by atoms with Crippen molar-refractivity contribution in [2.75, 3.05) is 6.61 Å². The van der Waals surface area contributed by atoms with Gasteiger partial charge in [-0.05, 0) is 51.3 Å². The summed E-state index contributed by atoms with van der Waals surface area (Å²) >= 11 is 0. The first-order valence-electron chi connectivity index (χ1n) is 6.39. The molecule has 0 atom stereocenters. The van der Waals surface area contributed by atoms with Crippen LogP contribution in [-0.4, -0.2) is 23.3 Å². The highest BCUT2D eigenvalue weighted by atomic mass is 16.6. The molecule has 0 spiro atoms. The predicted molar refractivity (Wildman–Crippen MR) is 73.2 cm³/mol. The lowest BCUT2D eigenvalue weighted by molar-refractivity contribution is -0.158. The first kappa shape index (κ1) is 15.5. The second kappa shape index (κ2) is 6.06. The van der Waals surface area contributed by atoms with Gasteiger partial charge < -0.3 is 14.6 Å². The highest BCUT2D eigenvalue weighted by Gasteiger charge is 2.32. The standard InChI is InChI=1S/C15H22O4/c1-6-18-14(17)15(4,5)19-13-10(2)7-12(9-16)8-11(13)3/h7-8,16H,6,9H2,1-5H3. The molecule has 0 radical (unpaired) electrons. The van der Waals surface area contributed by atoms with Crippen LogP contribution >= 0.6 is 0 Å². The third kappa shape index (κ3) is 3.70. The minimum absolute atomic E-state index is 0.0107. The molecule has 0 saturated carbocycles. The third-order valence-corrected chi connectivity index (χ3v) is 2.83. The van der Waals surface area contributed by atoms with Gasteiger partial charge in [-0.1, -0.05) is 12.1 Å². The van der Waals surface area contributed by atoms with Gasteiger partial charge in [-0.2, -0.15) is 0 Å². The van der Waals surface area contributed by atoms with E-state index in [2.05, 4.69) is 0 Å². The van der Waals surface area contributed by atoms with Gasteiger partial charge in [0.05, 0.1) is 13.2 Å². The number of carbonyl (C=O) groups is 1. The molecule has 0 amide bonds. The fraction of sp³-hybridized carbons (Fsp3) is 0.533. The van der Waals surface area contributed by atoms with Gasteiger partial charge in [-0.25, -0.2) is 4.79 Å². The van der Waals surface area contributed by atoms with Crippen LogP contribution in [0.1, 0.15) is 37.5 Å². The van der Waals surface area contributed by atoms with Crippen LogP contribution in [0.4, 0.5) is 0 Å². The molecule has 0 aliphatic carbocycles. The molecule has 0 aliphatic rings. The van der Waals surface area contributed by atoms with Crippen molar-refractivity contribution < 1.29 is 19.4 Å². The zero-order chi connectivity index (χ0) is 14.6. The molecule has 0 unspecified atom stereocenters. The van der Waals surface area contributed by atoms with E-state index in [0.29, 0.717) is 12.4 Å². The van der Waals surface area contributed by atoms with Gasteiger partial charge in [0, 0.05) is 0 Å². The van der Waals surface area contributed by atoms with Crippen LogP contribution in [0.3, 0.4) is 0 Å². The van der Waals surface area contributed by atoms with Gasteiger partial charge in [-0.15, -0.1) is 0 Å². The van der Waals surface area contributed by atoms with Crippen LogP contribution in [-0.2, 0) is 16.1 Å². The maximum atomic E-state index is 11.8. The quantitative estimate of drug-likeness (QED) is 0.832. The molecule has 4 heteroatoms. The number of hydrogen-bond acceptors (Lipinski definition) is 4. The van der Waals surface area contributed by atoms with Gasteiger partial charge in [0.25, 0.3) is 0 Å². The normalized spacial score (nSPS) is 11.3. The van der Waals surface area contributed by atoms with E-state index < -0.39 is 5.60 Å². The van der Waals surface area contributed by atoms with Gasteiger partial charge in [0.1, 0.15) is 5.75 Å². The van der Waals surface area contributed by atoms with Crippen LogP contribution in [0.15, 0.2) is 12.1 Å². The Kier molecular flexibility index (Phi) is 4.95. The minimum atomic E-state index is -1.04. The molecule has 0 heterocycles. The summed E-state index contributed by atoms with van der Waals surface area (Å²) in [5, 5.41) is 9.15. The highest BCUT2D eigenvalue weighted by Crippen LogP contribution is 2.29. The Balaban J connectivity index is 3.02. The van der Waals surface area contributed by atoms with E-state index in [1.165, 1.54) is 0 Å². The monoisotopic (exact) mass is 266 g/mol. The van der Waals surface area contributed by atoms with Crippen molar-refractivity contribution in [3.8, 4) is 5.75 Å². The summed E-state index contributed by atoms with van der Waals surface area (Å²) in [6.45, 7) is 9.23. The summed E-state index contributed by atoms with van der Waals surface area (Å²) in [5.41, 5.74) is 1.57. The molecule has 0 aromatic heterocycles. The number of aliphatic hydroxyl groups is 1. The number of esters is 1. The number of aryl methyl sites for hydroxylation is 2. The zero-order valence-corrected chi connectivity index (χ0v) is 12.2.